The molecule has 5 atom stereocenters. The number of aliphatic hydroxyl groups is 4. The van der Waals surface area contributed by atoms with Gasteiger partial charge >= 0.3 is 0 Å². The molecule has 3 heterocycles. The van der Waals surface area contributed by atoms with E-state index in [1.54, 1.807) is 34.8 Å². The quantitative estimate of drug-likeness (QED) is 0.397. The number of benzene rings is 1. The SMILES string of the molecule is CCOc1cc(Cl)c(Cc2ncc(-c3ccsc3)s2)cc1[C@@H]1O[C@H](CO)[C@@H](O)[C@H](O)[C@H]1O. The second kappa shape index (κ2) is 10.1. The van der Waals surface area contributed by atoms with Gasteiger partial charge < -0.3 is 29.9 Å². The van der Waals surface area contributed by atoms with E-state index in [-0.39, 0.29) is 0 Å². The van der Waals surface area contributed by atoms with Crippen LogP contribution in [0, 0.1) is 0 Å². The molecule has 32 heavy (non-hydrogen) atoms. The van der Waals surface area contributed by atoms with Crippen LogP contribution >= 0.6 is 34.3 Å². The molecule has 1 aliphatic rings. The van der Waals surface area contributed by atoms with E-state index < -0.39 is 37.1 Å². The summed E-state index contributed by atoms with van der Waals surface area (Å²) in [6.07, 6.45) is -4.05. The predicted molar refractivity (Wildman–Crippen MR) is 124 cm³/mol. The van der Waals surface area contributed by atoms with Crippen molar-refractivity contribution in [1.29, 1.82) is 0 Å². The largest absolute Gasteiger partial charge is 0.493 e. The highest BCUT2D eigenvalue weighted by atomic mass is 35.5. The van der Waals surface area contributed by atoms with E-state index in [0.717, 1.165) is 21.0 Å². The Morgan fingerprint density at radius 3 is 2.69 bits per heavy atom. The number of aliphatic hydroxyl groups excluding tert-OH is 4. The van der Waals surface area contributed by atoms with Crippen molar-refractivity contribution < 1.29 is 29.9 Å². The first-order valence-corrected chi connectivity index (χ1v) is 12.3. The third-order valence-electron chi connectivity index (χ3n) is 5.38. The van der Waals surface area contributed by atoms with Crippen molar-refractivity contribution in [2.45, 2.75) is 43.9 Å². The van der Waals surface area contributed by atoms with Gasteiger partial charge in [-0.1, -0.05) is 11.6 Å². The van der Waals surface area contributed by atoms with E-state index in [1.165, 1.54) is 0 Å². The predicted octanol–water partition coefficient (Wildman–Crippen LogP) is 3.03. The molecule has 1 aromatic carbocycles. The highest BCUT2D eigenvalue weighted by Crippen LogP contribution is 2.40. The number of halogens is 1. The van der Waals surface area contributed by atoms with Crippen molar-refractivity contribution in [2.75, 3.05) is 13.2 Å². The van der Waals surface area contributed by atoms with Gasteiger partial charge in [-0.25, -0.2) is 4.98 Å². The molecule has 4 rings (SSSR count). The first-order valence-electron chi connectivity index (χ1n) is 10.2. The van der Waals surface area contributed by atoms with Crippen LogP contribution in [-0.4, -0.2) is 63.0 Å². The molecule has 0 unspecified atom stereocenters. The molecule has 2 aromatic heterocycles. The molecule has 0 spiro atoms. The number of thiophene rings is 1. The van der Waals surface area contributed by atoms with E-state index in [4.69, 9.17) is 21.1 Å². The number of nitrogens with zero attached hydrogens (tertiary/aromatic N) is 1. The summed E-state index contributed by atoms with van der Waals surface area (Å²) in [6.45, 7) is 1.67. The molecule has 172 valence electrons. The van der Waals surface area contributed by atoms with Gasteiger partial charge in [0.05, 0.1) is 23.1 Å². The normalized spacial score (nSPS) is 25.8. The van der Waals surface area contributed by atoms with Gasteiger partial charge in [-0.2, -0.15) is 11.3 Å². The molecule has 0 radical (unpaired) electrons. The highest BCUT2D eigenvalue weighted by molar-refractivity contribution is 7.15. The molecule has 0 aliphatic carbocycles. The molecule has 3 aromatic rings. The summed E-state index contributed by atoms with van der Waals surface area (Å²) in [6, 6.07) is 5.47. The number of ether oxygens (including phenoxy) is 2. The second-order valence-electron chi connectivity index (χ2n) is 7.47. The van der Waals surface area contributed by atoms with Crippen LogP contribution in [0.15, 0.2) is 35.2 Å². The van der Waals surface area contributed by atoms with Crippen molar-refractivity contribution in [1.82, 2.24) is 4.98 Å². The first kappa shape index (κ1) is 23.6. The first-order chi connectivity index (χ1) is 15.4. The fraction of sp³-hybridized carbons (Fsp3) is 0.409. The Morgan fingerprint density at radius 2 is 2.00 bits per heavy atom. The molecular weight excluding hydrogens is 474 g/mol. The van der Waals surface area contributed by atoms with Crippen molar-refractivity contribution in [3.63, 3.8) is 0 Å². The Morgan fingerprint density at radius 1 is 1.19 bits per heavy atom. The summed E-state index contributed by atoms with van der Waals surface area (Å²) < 4.78 is 11.5. The maximum absolute atomic E-state index is 10.6. The molecule has 10 heteroatoms. The van der Waals surface area contributed by atoms with E-state index in [2.05, 4.69) is 10.4 Å². The van der Waals surface area contributed by atoms with E-state index in [1.807, 2.05) is 24.6 Å². The average molecular weight is 498 g/mol. The van der Waals surface area contributed by atoms with E-state index >= 15 is 0 Å². The summed E-state index contributed by atoms with van der Waals surface area (Å²) >= 11 is 9.74. The summed E-state index contributed by atoms with van der Waals surface area (Å²) in [5.41, 5.74) is 2.37. The fourth-order valence-corrected chi connectivity index (χ4v) is 5.60. The average Bonchev–Trinajstić information content (AvgIpc) is 3.47. The van der Waals surface area contributed by atoms with Crippen LogP contribution in [0.25, 0.3) is 10.4 Å². The Balaban J connectivity index is 1.67. The van der Waals surface area contributed by atoms with Gasteiger partial charge in [0.15, 0.2) is 0 Å². The van der Waals surface area contributed by atoms with Crippen LogP contribution in [0.1, 0.15) is 29.2 Å². The molecule has 0 bridgehead atoms. The number of rotatable bonds is 7. The fourth-order valence-electron chi connectivity index (χ4n) is 3.71. The van der Waals surface area contributed by atoms with Gasteiger partial charge in [0.2, 0.25) is 0 Å². The van der Waals surface area contributed by atoms with Gasteiger partial charge in [0, 0.05) is 28.8 Å². The smallest absolute Gasteiger partial charge is 0.126 e. The Hall–Kier alpha value is -1.56. The van der Waals surface area contributed by atoms with Crippen molar-refractivity contribution >= 4 is 34.3 Å². The van der Waals surface area contributed by atoms with Crippen molar-refractivity contribution in [3.05, 3.63) is 56.3 Å². The highest BCUT2D eigenvalue weighted by Gasteiger charge is 2.45. The molecule has 1 aliphatic heterocycles. The molecule has 7 nitrogen and oxygen atoms in total. The number of hydrogen-bond acceptors (Lipinski definition) is 9. The minimum absolute atomic E-state index is 0.358. The van der Waals surface area contributed by atoms with Crippen LogP contribution in [0.3, 0.4) is 0 Å². The monoisotopic (exact) mass is 497 g/mol. The molecule has 0 amide bonds. The Bertz CT molecular complexity index is 1040. The Kier molecular flexibility index (Phi) is 7.48. The molecular formula is C22H24ClNO6S2. The minimum Gasteiger partial charge on any atom is -0.493 e. The lowest BCUT2D eigenvalue weighted by atomic mass is 9.90. The summed E-state index contributed by atoms with van der Waals surface area (Å²) in [4.78, 5) is 5.59. The topological polar surface area (TPSA) is 112 Å². The zero-order valence-corrected chi connectivity index (χ0v) is 19.6. The molecule has 1 fully saturated rings. The van der Waals surface area contributed by atoms with Crippen LogP contribution in [-0.2, 0) is 11.2 Å². The summed E-state index contributed by atoms with van der Waals surface area (Å²) in [5, 5.41) is 45.9. The van der Waals surface area contributed by atoms with Crippen LogP contribution in [0.4, 0.5) is 0 Å². The lowest BCUT2D eigenvalue weighted by molar-refractivity contribution is -0.232. The number of aromatic nitrogens is 1. The van der Waals surface area contributed by atoms with Crippen molar-refractivity contribution in [2.24, 2.45) is 0 Å². The maximum atomic E-state index is 10.6. The maximum Gasteiger partial charge on any atom is 0.126 e. The summed E-state index contributed by atoms with van der Waals surface area (Å²) in [7, 11) is 0. The van der Waals surface area contributed by atoms with Gasteiger partial charge in [0.25, 0.3) is 0 Å². The number of hydrogen-bond donors (Lipinski definition) is 4. The van der Waals surface area contributed by atoms with Gasteiger partial charge in [-0.05, 0) is 41.4 Å². The van der Waals surface area contributed by atoms with E-state index in [9.17, 15) is 20.4 Å². The molecule has 4 N–H and O–H groups in total. The summed E-state index contributed by atoms with van der Waals surface area (Å²) in [5.74, 6) is 0.406. The van der Waals surface area contributed by atoms with Gasteiger partial charge in [-0.15, -0.1) is 11.3 Å². The number of thiazole rings is 1. The van der Waals surface area contributed by atoms with E-state index in [0.29, 0.717) is 29.4 Å². The lowest BCUT2D eigenvalue weighted by Crippen LogP contribution is -2.55. The van der Waals surface area contributed by atoms with Crippen molar-refractivity contribution in [3.8, 4) is 16.2 Å². The standard InChI is InChI=1S/C22H24ClNO6S2/c1-2-29-15-7-14(23)12(6-18-24-8-17(32-18)11-3-4-31-10-11)5-13(15)22-21(28)20(27)19(26)16(9-25)30-22/h3-5,7-8,10,16,19-22,25-28H,2,6,9H2,1H3/t16-,19-,20+,21-,22+/m1/s1. The lowest BCUT2D eigenvalue weighted by Gasteiger charge is -2.40. The van der Waals surface area contributed by atoms with Crippen LogP contribution in [0.5, 0.6) is 5.75 Å². The van der Waals surface area contributed by atoms with Crippen LogP contribution < -0.4 is 4.74 Å². The molecule has 1 saturated heterocycles. The third kappa shape index (κ3) is 4.71. The molecule has 0 saturated carbocycles. The van der Waals surface area contributed by atoms with Gasteiger partial charge in [0.1, 0.15) is 36.3 Å². The van der Waals surface area contributed by atoms with Crippen LogP contribution in [0.2, 0.25) is 5.02 Å². The second-order valence-corrected chi connectivity index (χ2v) is 9.77. The van der Waals surface area contributed by atoms with Gasteiger partial charge in [-0.3, -0.25) is 0 Å². The Labute approximate surface area is 198 Å². The zero-order chi connectivity index (χ0) is 22.8. The zero-order valence-electron chi connectivity index (χ0n) is 17.2. The minimum atomic E-state index is -1.48. The third-order valence-corrected chi connectivity index (χ3v) is 7.46.